The Morgan fingerprint density at radius 2 is 1.64 bits per heavy atom. The Balaban J connectivity index is 4.77. The summed E-state index contributed by atoms with van der Waals surface area (Å²) in [5.41, 5.74) is 11.2. The molecular weight excluding hydrogens is 288 g/mol. The molecule has 0 fully saturated rings. The van der Waals surface area contributed by atoms with E-state index >= 15 is 0 Å². The number of carboxylic acid groups (broad SMARTS) is 1. The van der Waals surface area contributed by atoms with Crippen LogP contribution in [0.1, 0.15) is 40.0 Å². The van der Waals surface area contributed by atoms with Gasteiger partial charge in [0, 0.05) is 0 Å². The minimum Gasteiger partial charge on any atom is -0.480 e. The predicted octanol–water partition coefficient (Wildman–Crippen LogP) is -0.827. The third kappa shape index (κ3) is 7.37. The lowest BCUT2D eigenvalue weighted by Crippen LogP contribution is -2.54. The van der Waals surface area contributed by atoms with Crippen molar-refractivity contribution in [3.8, 4) is 0 Å². The molecule has 0 bridgehead atoms. The van der Waals surface area contributed by atoms with E-state index < -0.39 is 35.9 Å². The zero-order chi connectivity index (χ0) is 17.3. The van der Waals surface area contributed by atoms with Gasteiger partial charge in [-0.05, 0) is 38.6 Å². The number of carbonyl (C=O) groups excluding carboxylic acids is 2. The van der Waals surface area contributed by atoms with Crippen LogP contribution in [0.2, 0.25) is 0 Å². The first-order valence-corrected chi connectivity index (χ1v) is 7.49. The topological polar surface area (TPSA) is 148 Å². The van der Waals surface area contributed by atoms with E-state index in [0.29, 0.717) is 25.8 Å². The Labute approximate surface area is 131 Å². The Morgan fingerprint density at radius 1 is 1.05 bits per heavy atom. The maximum absolute atomic E-state index is 12.1. The first-order valence-electron chi connectivity index (χ1n) is 7.49. The van der Waals surface area contributed by atoms with Gasteiger partial charge in [0.1, 0.15) is 12.1 Å². The minimum absolute atomic E-state index is 0.0642. The molecule has 2 amide bonds. The minimum atomic E-state index is -1.14. The van der Waals surface area contributed by atoms with E-state index in [9.17, 15) is 14.4 Å². The molecule has 0 aromatic carbocycles. The van der Waals surface area contributed by atoms with Crippen LogP contribution in [0.3, 0.4) is 0 Å². The molecule has 0 aliphatic carbocycles. The van der Waals surface area contributed by atoms with Crippen molar-refractivity contribution in [2.24, 2.45) is 17.4 Å². The molecule has 128 valence electrons. The smallest absolute Gasteiger partial charge is 0.325 e. The standard InChI is InChI=1S/C14H28N4O4/c1-8(2)11(16)13(20)18-10(6-4-5-7-15)12(19)17-9(3)14(21)22/h8-11H,4-7,15-16H2,1-3H3,(H,17,19)(H,18,20)(H,21,22)/t9-,10+,11+/m1/s1. The fourth-order valence-electron chi connectivity index (χ4n) is 1.71. The Hall–Kier alpha value is -1.67. The van der Waals surface area contributed by atoms with Crippen molar-refractivity contribution in [2.75, 3.05) is 6.54 Å². The number of nitrogens with two attached hydrogens (primary N) is 2. The molecule has 3 atom stereocenters. The SMILES string of the molecule is CC(C)[C@H](N)C(=O)N[C@@H](CCCCN)C(=O)N[C@H](C)C(=O)O. The van der Waals surface area contributed by atoms with Gasteiger partial charge in [-0.15, -0.1) is 0 Å². The number of amides is 2. The van der Waals surface area contributed by atoms with Crippen LogP contribution in [-0.4, -0.2) is 47.6 Å². The average molecular weight is 316 g/mol. The van der Waals surface area contributed by atoms with E-state index in [2.05, 4.69) is 10.6 Å². The van der Waals surface area contributed by atoms with Crippen molar-refractivity contribution >= 4 is 17.8 Å². The van der Waals surface area contributed by atoms with Crippen molar-refractivity contribution in [3.63, 3.8) is 0 Å². The number of unbranched alkanes of at least 4 members (excludes halogenated alkanes) is 1. The van der Waals surface area contributed by atoms with Crippen LogP contribution in [0.25, 0.3) is 0 Å². The number of hydrogen-bond donors (Lipinski definition) is 5. The monoisotopic (exact) mass is 316 g/mol. The molecule has 0 aliphatic heterocycles. The molecule has 7 N–H and O–H groups in total. The Bertz CT molecular complexity index is 387. The van der Waals surface area contributed by atoms with Crippen molar-refractivity contribution in [3.05, 3.63) is 0 Å². The second-order valence-electron chi connectivity index (χ2n) is 5.68. The van der Waals surface area contributed by atoms with E-state index in [-0.39, 0.29) is 5.92 Å². The summed E-state index contributed by atoms with van der Waals surface area (Å²) in [7, 11) is 0. The third-order valence-electron chi connectivity index (χ3n) is 3.33. The summed E-state index contributed by atoms with van der Waals surface area (Å²) >= 11 is 0. The van der Waals surface area contributed by atoms with Crippen LogP contribution in [0.15, 0.2) is 0 Å². The van der Waals surface area contributed by atoms with Crippen LogP contribution in [-0.2, 0) is 14.4 Å². The Morgan fingerprint density at radius 3 is 2.09 bits per heavy atom. The molecule has 0 spiro atoms. The lowest BCUT2D eigenvalue weighted by atomic mass is 10.0. The Kier molecular flexibility index (Phi) is 9.35. The number of rotatable bonds is 10. The zero-order valence-corrected chi connectivity index (χ0v) is 13.5. The van der Waals surface area contributed by atoms with Gasteiger partial charge in [-0.2, -0.15) is 0 Å². The van der Waals surface area contributed by atoms with Gasteiger partial charge in [-0.3, -0.25) is 14.4 Å². The highest BCUT2D eigenvalue weighted by Gasteiger charge is 2.26. The molecule has 8 heteroatoms. The van der Waals surface area contributed by atoms with Crippen LogP contribution in [0, 0.1) is 5.92 Å². The van der Waals surface area contributed by atoms with Crippen molar-refractivity contribution in [1.29, 1.82) is 0 Å². The van der Waals surface area contributed by atoms with Crippen molar-refractivity contribution in [2.45, 2.75) is 58.2 Å². The van der Waals surface area contributed by atoms with Crippen LogP contribution in [0.4, 0.5) is 0 Å². The maximum atomic E-state index is 12.1. The summed E-state index contributed by atoms with van der Waals surface area (Å²) < 4.78 is 0. The number of carboxylic acids is 1. The molecular formula is C14H28N4O4. The van der Waals surface area contributed by atoms with Crippen LogP contribution < -0.4 is 22.1 Å². The van der Waals surface area contributed by atoms with Gasteiger partial charge >= 0.3 is 5.97 Å². The van der Waals surface area contributed by atoms with Crippen molar-refractivity contribution in [1.82, 2.24) is 10.6 Å². The van der Waals surface area contributed by atoms with E-state index in [0.717, 1.165) is 0 Å². The molecule has 22 heavy (non-hydrogen) atoms. The first-order chi connectivity index (χ1) is 10.2. The number of hydrogen-bond acceptors (Lipinski definition) is 5. The molecule has 0 radical (unpaired) electrons. The van der Waals surface area contributed by atoms with E-state index in [1.165, 1.54) is 6.92 Å². The van der Waals surface area contributed by atoms with Gasteiger partial charge in [0.15, 0.2) is 0 Å². The first kappa shape index (κ1) is 20.3. The summed E-state index contributed by atoms with van der Waals surface area (Å²) in [6.07, 6.45) is 1.74. The zero-order valence-electron chi connectivity index (χ0n) is 13.5. The third-order valence-corrected chi connectivity index (χ3v) is 3.33. The highest BCUT2D eigenvalue weighted by molar-refractivity contribution is 5.91. The average Bonchev–Trinajstić information content (AvgIpc) is 2.44. The molecule has 0 unspecified atom stereocenters. The van der Waals surface area contributed by atoms with Crippen LogP contribution >= 0.6 is 0 Å². The summed E-state index contributed by atoms with van der Waals surface area (Å²) in [6.45, 7) is 5.46. The normalized spacial score (nSPS) is 15.0. The number of aliphatic carboxylic acids is 1. The van der Waals surface area contributed by atoms with E-state index in [1.807, 2.05) is 0 Å². The molecule has 0 saturated heterocycles. The van der Waals surface area contributed by atoms with E-state index in [1.54, 1.807) is 13.8 Å². The molecule has 0 heterocycles. The second-order valence-corrected chi connectivity index (χ2v) is 5.68. The summed E-state index contributed by atoms with van der Waals surface area (Å²) in [5.74, 6) is -2.16. The highest BCUT2D eigenvalue weighted by Crippen LogP contribution is 2.04. The molecule has 0 saturated carbocycles. The largest absolute Gasteiger partial charge is 0.480 e. The molecule has 0 aliphatic rings. The van der Waals surface area contributed by atoms with Gasteiger partial charge in [0.2, 0.25) is 11.8 Å². The van der Waals surface area contributed by atoms with Gasteiger partial charge in [-0.25, -0.2) is 0 Å². The van der Waals surface area contributed by atoms with Crippen LogP contribution in [0.5, 0.6) is 0 Å². The van der Waals surface area contributed by atoms with Gasteiger partial charge in [0.25, 0.3) is 0 Å². The van der Waals surface area contributed by atoms with Gasteiger partial charge < -0.3 is 27.2 Å². The van der Waals surface area contributed by atoms with Gasteiger partial charge in [0.05, 0.1) is 6.04 Å². The van der Waals surface area contributed by atoms with E-state index in [4.69, 9.17) is 16.6 Å². The molecule has 0 rings (SSSR count). The molecule has 0 aromatic rings. The highest BCUT2D eigenvalue weighted by atomic mass is 16.4. The summed E-state index contributed by atoms with van der Waals surface area (Å²) in [5, 5.41) is 13.8. The lowest BCUT2D eigenvalue weighted by Gasteiger charge is -2.23. The maximum Gasteiger partial charge on any atom is 0.325 e. The lowest BCUT2D eigenvalue weighted by molar-refractivity contribution is -0.141. The fourth-order valence-corrected chi connectivity index (χ4v) is 1.71. The number of carbonyl (C=O) groups is 3. The number of nitrogens with one attached hydrogen (secondary N) is 2. The molecule has 8 nitrogen and oxygen atoms in total. The summed E-state index contributed by atoms with van der Waals surface area (Å²) in [6, 6.07) is -2.56. The quantitative estimate of drug-likeness (QED) is 0.332. The summed E-state index contributed by atoms with van der Waals surface area (Å²) in [4.78, 5) is 34.9. The predicted molar refractivity (Wildman–Crippen MR) is 82.9 cm³/mol. The molecule has 0 aromatic heterocycles. The van der Waals surface area contributed by atoms with Crippen molar-refractivity contribution < 1.29 is 19.5 Å². The van der Waals surface area contributed by atoms with Gasteiger partial charge in [-0.1, -0.05) is 13.8 Å². The second kappa shape index (κ2) is 10.1. The fraction of sp³-hybridized carbons (Fsp3) is 0.786.